The highest BCUT2D eigenvalue weighted by atomic mass is 79.9. The minimum Gasteiger partial charge on any atom is -0.207 e. The lowest BCUT2D eigenvalue weighted by molar-refractivity contribution is 0.626. The van der Waals surface area contributed by atoms with E-state index in [2.05, 4.69) is 60.8 Å². The molecular weight excluding hydrogens is 435 g/mol. The van der Waals surface area contributed by atoms with Crippen LogP contribution in [0, 0.1) is 12.7 Å². The zero-order valence-corrected chi connectivity index (χ0v) is 14.4. The van der Waals surface area contributed by atoms with Crippen molar-refractivity contribution in [3.8, 4) is 0 Å². The van der Waals surface area contributed by atoms with Gasteiger partial charge in [0.25, 0.3) is 0 Å². The Bertz CT molecular complexity index is 551. The van der Waals surface area contributed by atoms with Crippen LogP contribution in [0.2, 0.25) is 0 Å². The third-order valence-electron chi connectivity index (χ3n) is 2.43. The molecule has 5 heteroatoms. The SMILES string of the molecule is Cc1sc(Br)cc1C(Br)c1ccc(F)cc1Br. The molecule has 1 aromatic heterocycles. The van der Waals surface area contributed by atoms with E-state index in [0.29, 0.717) is 0 Å². The van der Waals surface area contributed by atoms with Crippen LogP contribution in [-0.2, 0) is 0 Å². The molecule has 17 heavy (non-hydrogen) atoms. The predicted molar refractivity (Wildman–Crippen MR) is 81.6 cm³/mol. The largest absolute Gasteiger partial charge is 0.207 e. The molecule has 90 valence electrons. The highest BCUT2D eigenvalue weighted by molar-refractivity contribution is 9.11. The van der Waals surface area contributed by atoms with Crippen molar-refractivity contribution in [3.63, 3.8) is 0 Å². The Morgan fingerprint density at radius 2 is 1.88 bits per heavy atom. The van der Waals surface area contributed by atoms with E-state index in [1.807, 2.05) is 0 Å². The number of hydrogen-bond donors (Lipinski definition) is 0. The van der Waals surface area contributed by atoms with Crippen molar-refractivity contribution in [2.75, 3.05) is 0 Å². The van der Waals surface area contributed by atoms with Gasteiger partial charge in [-0.25, -0.2) is 4.39 Å². The zero-order valence-electron chi connectivity index (χ0n) is 8.81. The van der Waals surface area contributed by atoms with E-state index in [-0.39, 0.29) is 10.6 Å². The Labute approximate surface area is 129 Å². The van der Waals surface area contributed by atoms with E-state index in [1.54, 1.807) is 17.4 Å². The van der Waals surface area contributed by atoms with Crippen molar-refractivity contribution in [2.45, 2.75) is 11.8 Å². The summed E-state index contributed by atoms with van der Waals surface area (Å²) in [6.07, 6.45) is 0. The monoisotopic (exact) mass is 440 g/mol. The summed E-state index contributed by atoms with van der Waals surface area (Å²) in [6.45, 7) is 2.08. The number of rotatable bonds is 2. The summed E-state index contributed by atoms with van der Waals surface area (Å²) in [7, 11) is 0. The summed E-state index contributed by atoms with van der Waals surface area (Å²) in [5, 5.41) is 0. The number of alkyl halides is 1. The quantitative estimate of drug-likeness (QED) is 0.485. The summed E-state index contributed by atoms with van der Waals surface area (Å²) < 4.78 is 14.9. The van der Waals surface area contributed by atoms with Crippen LogP contribution in [0.15, 0.2) is 32.5 Å². The normalized spacial score (nSPS) is 12.8. The van der Waals surface area contributed by atoms with Crippen LogP contribution >= 0.6 is 59.1 Å². The second-order valence-corrected chi connectivity index (χ2v) is 8.00. The van der Waals surface area contributed by atoms with Crippen LogP contribution in [0.4, 0.5) is 4.39 Å². The molecule has 0 N–H and O–H groups in total. The average Bonchev–Trinajstić information content (AvgIpc) is 2.57. The molecule has 0 amide bonds. The molecule has 0 fully saturated rings. The van der Waals surface area contributed by atoms with E-state index in [1.165, 1.54) is 22.6 Å². The van der Waals surface area contributed by atoms with Crippen LogP contribution in [0.3, 0.4) is 0 Å². The zero-order chi connectivity index (χ0) is 12.6. The minimum atomic E-state index is -0.233. The van der Waals surface area contributed by atoms with Gasteiger partial charge < -0.3 is 0 Å². The van der Waals surface area contributed by atoms with E-state index in [9.17, 15) is 4.39 Å². The van der Waals surface area contributed by atoms with Gasteiger partial charge in [-0.15, -0.1) is 11.3 Å². The van der Waals surface area contributed by atoms with Crippen molar-refractivity contribution < 1.29 is 4.39 Å². The van der Waals surface area contributed by atoms with Gasteiger partial charge in [0, 0.05) is 9.35 Å². The molecule has 1 heterocycles. The predicted octanol–water partition coefficient (Wildman–Crippen LogP) is 6.20. The minimum absolute atomic E-state index is 0.0695. The third-order valence-corrected chi connectivity index (χ3v) is 5.68. The summed E-state index contributed by atoms with van der Waals surface area (Å²) in [5.41, 5.74) is 2.23. The molecule has 2 rings (SSSR count). The van der Waals surface area contributed by atoms with Crippen molar-refractivity contribution in [1.82, 2.24) is 0 Å². The number of hydrogen-bond acceptors (Lipinski definition) is 1. The molecule has 1 unspecified atom stereocenters. The van der Waals surface area contributed by atoms with Gasteiger partial charge in [-0.05, 0) is 52.2 Å². The van der Waals surface area contributed by atoms with Gasteiger partial charge in [-0.2, -0.15) is 0 Å². The maximum atomic E-state index is 13.0. The number of benzene rings is 1. The molecule has 0 aliphatic carbocycles. The van der Waals surface area contributed by atoms with Gasteiger partial charge in [-0.1, -0.05) is 37.9 Å². The fourth-order valence-electron chi connectivity index (χ4n) is 1.58. The molecule has 1 atom stereocenters. The second-order valence-electron chi connectivity index (χ2n) is 3.59. The molecule has 2 aromatic rings. The summed E-state index contributed by atoms with van der Waals surface area (Å²) in [5.74, 6) is -0.233. The number of aryl methyl sites for hydroxylation is 1. The van der Waals surface area contributed by atoms with Gasteiger partial charge in [-0.3, -0.25) is 0 Å². The van der Waals surface area contributed by atoms with Crippen LogP contribution < -0.4 is 0 Å². The molecule has 0 radical (unpaired) electrons. The van der Waals surface area contributed by atoms with Gasteiger partial charge in [0.2, 0.25) is 0 Å². The van der Waals surface area contributed by atoms with Gasteiger partial charge in [0.1, 0.15) is 5.82 Å². The first-order valence-corrected chi connectivity index (χ1v) is 8.15. The molecule has 0 saturated carbocycles. The Kier molecular flexibility index (Phi) is 4.45. The Balaban J connectivity index is 2.43. The fourth-order valence-corrected chi connectivity index (χ4v) is 5.25. The van der Waals surface area contributed by atoms with Crippen LogP contribution in [-0.4, -0.2) is 0 Å². The number of halogens is 4. The van der Waals surface area contributed by atoms with Gasteiger partial charge >= 0.3 is 0 Å². The van der Waals surface area contributed by atoms with Crippen molar-refractivity contribution in [3.05, 3.63) is 54.3 Å². The maximum absolute atomic E-state index is 13.0. The van der Waals surface area contributed by atoms with Crippen molar-refractivity contribution in [1.29, 1.82) is 0 Å². The topological polar surface area (TPSA) is 0 Å². The highest BCUT2D eigenvalue weighted by Crippen LogP contribution is 2.40. The first-order chi connectivity index (χ1) is 7.99. The second kappa shape index (κ2) is 5.51. The molecule has 0 spiro atoms. The van der Waals surface area contributed by atoms with Gasteiger partial charge in [0.05, 0.1) is 8.61 Å². The molecule has 0 nitrogen and oxygen atoms in total. The summed E-state index contributed by atoms with van der Waals surface area (Å²) in [4.78, 5) is 1.31. The number of thiophene rings is 1. The van der Waals surface area contributed by atoms with E-state index in [0.717, 1.165) is 13.8 Å². The van der Waals surface area contributed by atoms with Gasteiger partial charge in [0.15, 0.2) is 0 Å². The lowest BCUT2D eigenvalue weighted by Gasteiger charge is -2.12. The summed E-state index contributed by atoms with van der Waals surface area (Å²) in [6, 6.07) is 6.85. The maximum Gasteiger partial charge on any atom is 0.124 e. The first kappa shape index (κ1) is 13.7. The van der Waals surface area contributed by atoms with Crippen LogP contribution in [0.5, 0.6) is 0 Å². The van der Waals surface area contributed by atoms with E-state index >= 15 is 0 Å². The third kappa shape index (κ3) is 3.00. The summed E-state index contributed by atoms with van der Waals surface area (Å²) >= 11 is 12.2. The highest BCUT2D eigenvalue weighted by Gasteiger charge is 2.17. The molecule has 1 aromatic carbocycles. The Morgan fingerprint density at radius 3 is 2.41 bits per heavy atom. The standard InChI is InChI=1S/C12H8Br3FS/c1-6-9(5-11(14)17-6)12(15)8-3-2-7(16)4-10(8)13/h2-5,12H,1H3. The lowest BCUT2D eigenvalue weighted by Crippen LogP contribution is -1.94. The lowest BCUT2D eigenvalue weighted by atomic mass is 10.1. The molecule has 0 aliphatic rings. The van der Waals surface area contributed by atoms with E-state index < -0.39 is 0 Å². The van der Waals surface area contributed by atoms with Crippen molar-refractivity contribution in [2.24, 2.45) is 0 Å². The Hall–Kier alpha value is 0.290. The van der Waals surface area contributed by atoms with Crippen LogP contribution in [0.1, 0.15) is 20.8 Å². The molecule has 0 bridgehead atoms. The fraction of sp³-hybridized carbons (Fsp3) is 0.167. The molecule has 0 saturated heterocycles. The van der Waals surface area contributed by atoms with E-state index in [4.69, 9.17) is 0 Å². The Morgan fingerprint density at radius 1 is 1.18 bits per heavy atom. The molecular formula is C12H8Br3FS. The van der Waals surface area contributed by atoms with Crippen LogP contribution in [0.25, 0.3) is 0 Å². The smallest absolute Gasteiger partial charge is 0.124 e. The first-order valence-electron chi connectivity index (χ1n) is 4.84. The average molecular weight is 443 g/mol. The van der Waals surface area contributed by atoms with Crippen molar-refractivity contribution >= 4 is 59.1 Å². The molecule has 0 aliphatic heterocycles.